The highest BCUT2D eigenvalue weighted by atomic mass is 19.1. The van der Waals surface area contributed by atoms with Crippen molar-refractivity contribution in [1.29, 1.82) is 0 Å². The smallest absolute Gasteiger partial charge is 0.368 e. The van der Waals surface area contributed by atoms with E-state index in [1.54, 1.807) is 13.0 Å². The number of aliphatic carboxylic acids is 1. The highest BCUT2D eigenvalue weighted by molar-refractivity contribution is 5.87. The van der Waals surface area contributed by atoms with E-state index >= 15 is 0 Å². The molecule has 3 atom stereocenters. The van der Waals surface area contributed by atoms with E-state index < -0.39 is 42.2 Å². The number of nitrogens with zero attached hydrogens (tertiary/aromatic N) is 4. The molecule has 11 nitrogen and oxygen atoms in total. The number of hydroxylamine groups is 2. The van der Waals surface area contributed by atoms with E-state index in [0.29, 0.717) is 10.6 Å². The summed E-state index contributed by atoms with van der Waals surface area (Å²) < 4.78 is 18.4. The Labute approximate surface area is 133 Å². The number of carbonyl (C=O) groups excluding carboxylic acids is 2. The number of alkyl halides is 1. The van der Waals surface area contributed by atoms with E-state index in [1.807, 2.05) is 0 Å². The van der Waals surface area contributed by atoms with Crippen molar-refractivity contribution in [2.75, 3.05) is 6.54 Å². The third kappa shape index (κ3) is 2.46. The fraction of sp³-hybridized carbons (Fsp3) is 0.417. The zero-order chi connectivity index (χ0) is 17.6. The number of aromatic nitrogens is 2. The molecule has 0 aliphatic carbocycles. The maximum Gasteiger partial charge on any atom is 0.368 e. The first-order valence-electron chi connectivity index (χ1n) is 6.74. The second kappa shape index (κ2) is 5.56. The molecule has 2 bridgehead atoms. The number of halogens is 1. The number of rotatable bonds is 5. The summed E-state index contributed by atoms with van der Waals surface area (Å²) in [4.78, 5) is 39.8. The molecule has 1 aromatic heterocycles. The standard InChI is InChI=1S/C12H12FN5O6/c1-4-2-5-3-17(12(22)18(5)24-7(13)11(20)21)6(4)9-15-16-10(23-9)8(14)19/h2,5-7H,3H2,1H3,(H2,14,19)(H,20,21)/t5-,6+,7-/m1/s1. The number of nitrogens with two attached hydrogens (primary N) is 1. The van der Waals surface area contributed by atoms with Gasteiger partial charge in [-0.2, -0.15) is 5.06 Å². The van der Waals surface area contributed by atoms with Gasteiger partial charge in [-0.15, -0.1) is 10.2 Å². The number of fused-ring (bicyclic) bond motifs is 2. The summed E-state index contributed by atoms with van der Waals surface area (Å²) in [6.45, 7) is 1.76. The van der Waals surface area contributed by atoms with E-state index in [-0.39, 0.29) is 12.4 Å². The SMILES string of the molecule is CC1=C[C@@H]2CN(C(=O)N2O[C@@H](F)C(=O)O)[C@@H]1c1nnc(C(N)=O)o1. The maximum atomic E-state index is 13.3. The molecule has 3 N–H and O–H groups in total. The van der Waals surface area contributed by atoms with Crippen LogP contribution in [0.4, 0.5) is 9.18 Å². The number of carbonyl (C=O) groups is 3. The minimum absolute atomic E-state index is 0.0405. The Balaban J connectivity index is 1.87. The minimum atomic E-state index is -2.67. The zero-order valence-electron chi connectivity index (χ0n) is 12.2. The Morgan fingerprint density at radius 3 is 2.83 bits per heavy atom. The molecule has 0 saturated carbocycles. The number of urea groups is 1. The highest BCUT2D eigenvalue weighted by Gasteiger charge is 2.48. The highest BCUT2D eigenvalue weighted by Crippen LogP contribution is 2.38. The Morgan fingerprint density at radius 2 is 2.25 bits per heavy atom. The summed E-state index contributed by atoms with van der Waals surface area (Å²) in [7, 11) is 0. The van der Waals surface area contributed by atoms with Gasteiger partial charge in [-0.3, -0.25) is 4.79 Å². The van der Waals surface area contributed by atoms with Crippen LogP contribution in [0.15, 0.2) is 16.1 Å². The molecule has 3 amide bonds. The van der Waals surface area contributed by atoms with Gasteiger partial charge in [0, 0.05) is 0 Å². The van der Waals surface area contributed by atoms with E-state index in [0.717, 1.165) is 0 Å². The van der Waals surface area contributed by atoms with Gasteiger partial charge in [0.1, 0.15) is 6.04 Å². The van der Waals surface area contributed by atoms with Gasteiger partial charge < -0.3 is 20.2 Å². The van der Waals surface area contributed by atoms with Crippen LogP contribution in [0.2, 0.25) is 0 Å². The number of carboxylic acid groups (broad SMARTS) is 1. The average Bonchev–Trinajstić information content (AvgIpc) is 3.08. The van der Waals surface area contributed by atoms with Crippen LogP contribution in [0.1, 0.15) is 29.5 Å². The molecule has 1 fully saturated rings. The van der Waals surface area contributed by atoms with Gasteiger partial charge in [-0.05, 0) is 12.5 Å². The lowest BCUT2D eigenvalue weighted by atomic mass is 10.0. The van der Waals surface area contributed by atoms with Crippen molar-refractivity contribution < 1.29 is 33.1 Å². The van der Waals surface area contributed by atoms with Crippen LogP contribution in [-0.2, 0) is 9.63 Å². The molecule has 3 rings (SSSR count). The summed E-state index contributed by atoms with van der Waals surface area (Å²) in [6, 6.07) is -2.21. The molecule has 128 valence electrons. The molecule has 0 radical (unpaired) electrons. The van der Waals surface area contributed by atoms with Crippen LogP contribution in [0.5, 0.6) is 0 Å². The number of hydrogen-bond acceptors (Lipinski definition) is 7. The third-order valence-electron chi connectivity index (χ3n) is 3.60. The average molecular weight is 341 g/mol. The molecule has 0 aromatic carbocycles. The Kier molecular flexibility index (Phi) is 3.67. The monoisotopic (exact) mass is 341 g/mol. The summed E-state index contributed by atoms with van der Waals surface area (Å²) in [5.74, 6) is -3.21. The van der Waals surface area contributed by atoms with Crippen molar-refractivity contribution in [3.63, 3.8) is 0 Å². The molecule has 12 heteroatoms. The second-order valence-corrected chi connectivity index (χ2v) is 5.21. The van der Waals surface area contributed by atoms with Gasteiger partial charge in [0.25, 0.3) is 0 Å². The molecular weight excluding hydrogens is 329 g/mol. The van der Waals surface area contributed by atoms with Crippen LogP contribution in [0.3, 0.4) is 0 Å². The van der Waals surface area contributed by atoms with Crippen molar-refractivity contribution in [3.05, 3.63) is 23.4 Å². The second-order valence-electron chi connectivity index (χ2n) is 5.21. The normalized spacial score (nSPS) is 24.1. The first-order valence-corrected chi connectivity index (χ1v) is 6.74. The van der Waals surface area contributed by atoms with E-state index in [1.165, 1.54) is 4.90 Å². The predicted molar refractivity (Wildman–Crippen MR) is 70.7 cm³/mol. The molecule has 1 saturated heterocycles. The molecular formula is C12H12FN5O6. The Morgan fingerprint density at radius 1 is 1.54 bits per heavy atom. The number of hydrogen-bond donors (Lipinski definition) is 2. The molecule has 2 aliphatic heterocycles. The zero-order valence-corrected chi connectivity index (χ0v) is 12.2. The van der Waals surface area contributed by atoms with Crippen LogP contribution in [0, 0.1) is 0 Å². The van der Waals surface area contributed by atoms with E-state index in [2.05, 4.69) is 15.0 Å². The van der Waals surface area contributed by atoms with Crippen molar-refractivity contribution in [1.82, 2.24) is 20.2 Å². The van der Waals surface area contributed by atoms with E-state index in [4.69, 9.17) is 15.3 Å². The van der Waals surface area contributed by atoms with Gasteiger partial charge in [0.15, 0.2) is 0 Å². The lowest BCUT2D eigenvalue weighted by Gasteiger charge is -2.27. The molecule has 0 spiro atoms. The summed E-state index contributed by atoms with van der Waals surface area (Å²) in [6.07, 6.45) is -1.08. The predicted octanol–water partition coefficient (Wildman–Crippen LogP) is -0.412. The minimum Gasteiger partial charge on any atom is -0.477 e. The van der Waals surface area contributed by atoms with Gasteiger partial charge >= 0.3 is 30.2 Å². The van der Waals surface area contributed by atoms with Gasteiger partial charge in [0.2, 0.25) is 5.89 Å². The topological polar surface area (TPSA) is 152 Å². The fourth-order valence-corrected chi connectivity index (χ4v) is 2.64. The van der Waals surface area contributed by atoms with E-state index in [9.17, 15) is 18.8 Å². The van der Waals surface area contributed by atoms with Crippen molar-refractivity contribution >= 4 is 17.9 Å². The molecule has 2 aliphatic rings. The third-order valence-corrected chi connectivity index (χ3v) is 3.60. The van der Waals surface area contributed by atoms with Gasteiger partial charge in [0.05, 0.1) is 12.6 Å². The lowest BCUT2D eigenvalue weighted by Crippen LogP contribution is -2.38. The number of carboxylic acids is 1. The van der Waals surface area contributed by atoms with Crippen LogP contribution < -0.4 is 5.73 Å². The fourth-order valence-electron chi connectivity index (χ4n) is 2.64. The van der Waals surface area contributed by atoms with Crippen LogP contribution in [-0.4, -0.2) is 62.1 Å². The molecule has 1 aromatic rings. The Hall–Kier alpha value is -3.02. The maximum absolute atomic E-state index is 13.3. The summed E-state index contributed by atoms with van der Waals surface area (Å²) in [5, 5.41) is 16.4. The van der Waals surface area contributed by atoms with Crippen molar-refractivity contribution in [2.45, 2.75) is 25.4 Å². The first kappa shape index (κ1) is 15.9. The van der Waals surface area contributed by atoms with Crippen molar-refractivity contribution in [2.24, 2.45) is 5.73 Å². The van der Waals surface area contributed by atoms with Crippen LogP contribution in [0.25, 0.3) is 0 Å². The molecule has 3 heterocycles. The largest absolute Gasteiger partial charge is 0.477 e. The Bertz CT molecular complexity index is 748. The molecule has 0 unspecified atom stereocenters. The van der Waals surface area contributed by atoms with Crippen LogP contribution >= 0.6 is 0 Å². The number of amides is 3. The molecule has 24 heavy (non-hydrogen) atoms. The van der Waals surface area contributed by atoms with Crippen molar-refractivity contribution in [3.8, 4) is 0 Å². The number of primary amides is 1. The first-order chi connectivity index (χ1) is 11.3. The van der Waals surface area contributed by atoms with Gasteiger partial charge in [-0.1, -0.05) is 6.08 Å². The quantitative estimate of drug-likeness (QED) is 0.685. The van der Waals surface area contributed by atoms with Gasteiger partial charge in [-0.25, -0.2) is 18.8 Å². The lowest BCUT2D eigenvalue weighted by molar-refractivity contribution is -0.219. The summed E-state index contributed by atoms with van der Waals surface area (Å²) in [5.41, 5.74) is 5.65. The summed E-state index contributed by atoms with van der Waals surface area (Å²) >= 11 is 0.